The monoisotopic (exact) mass is 327 g/mol. The first-order valence-electron chi connectivity index (χ1n) is 9.18. The second-order valence-electron chi connectivity index (χ2n) is 7.80. The number of carbonyl (C=O) groups is 2. The Hall–Kier alpha value is -1.84. The van der Waals surface area contributed by atoms with Gasteiger partial charge >= 0.3 is 6.09 Å². The maximum atomic E-state index is 11.4. The summed E-state index contributed by atoms with van der Waals surface area (Å²) in [5.41, 5.74) is 4.24. The number of aryl methyl sites for hydroxylation is 1. The van der Waals surface area contributed by atoms with Crippen molar-refractivity contribution in [3.8, 4) is 0 Å². The Balaban J connectivity index is 1.45. The summed E-state index contributed by atoms with van der Waals surface area (Å²) in [6, 6.07) is 6.97. The first-order chi connectivity index (χ1) is 11.7. The van der Waals surface area contributed by atoms with Crippen LogP contribution in [0.4, 0.5) is 4.79 Å². The van der Waals surface area contributed by atoms with Crippen molar-refractivity contribution in [2.45, 2.75) is 62.8 Å². The van der Waals surface area contributed by atoms with E-state index in [1.54, 1.807) is 0 Å². The molecule has 3 atom stereocenters. The first-order valence-corrected chi connectivity index (χ1v) is 9.18. The van der Waals surface area contributed by atoms with Crippen LogP contribution in [-0.4, -0.2) is 24.5 Å². The van der Waals surface area contributed by atoms with Crippen LogP contribution in [0.2, 0.25) is 0 Å². The average Bonchev–Trinajstić information content (AvgIpc) is 3.18. The summed E-state index contributed by atoms with van der Waals surface area (Å²) in [7, 11) is 0. The van der Waals surface area contributed by atoms with Gasteiger partial charge in [0.1, 0.15) is 12.9 Å². The molecule has 1 heterocycles. The third kappa shape index (κ3) is 2.94. The molecular formula is C20H25NO3. The van der Waals surface area contributed by atoms with Crippen molar-refractivity contribution >= 4 is 12.4 Å². The number of ether oxygens (including phenoxy) is 1. The molecule has 3 aliphatic rings. The van der Waals surface area contributed by atoms with Gasteiger partial charge in [-0.2, -0.15) is 0 Å². The number of amides is 1. The number of hydrogen-bond acceptors (Lipinski definition) is 3. The molecule has 24 heavy (non-hydrogen) atoms. The number of hydrogen-bond donors (Lipinski definition) is 1. The van der Waals surface area contributed by atoms with Crippen LogP contribution in [0.1, 0.15) is 61.1 Å². The van der Waals surface area contributed by atoms with E-state index in [0.717, 1.165) is 44.8 Å². The average molecular weight is 327 g/mol. The predicted octanol–water partition coefficient (Wildman–Crippen LogP) is 3.52. The largest absolute Gasteiger partial charge is 0.447 e. The molecule has 4 nitrogen and oxygen atoms in total. The Bertz CT molecular complexity index is 656. The van der Waals surface area contributed by atoms with Crippen LogP contribution in [0, 0.1) is 5.92 Å². The molecule has 1 N–H and O–H groups in total. The molecule has 128 valence electrons. The van der Waals surface area contributed by atoms with Crippen LogP contribution in [0.3, 0.4) is 0 Å². The van der Waals surface area contributed by atoms with Gasteiger partial charge in [-0.3, -0.25) is 0 Å². The molecule has 1 aromatic rings. The highest BCUT2D eigenvalue weighted by Crippen LogP contribution is 2.43. The van der Waals surface area contributed by atoms with Gasteiger partial charge in [0, 0.05) is 6.42 Å². The SMILES string of the molecule is O=CCC[C@@H]1CCc2cc([C@@H]3CC[C@]4(COC(=O)N4)C3)ccc2C1. The van der Waals surface area contributed by atoms with Crippen LogP contribution in [0.5, 0.6) is 0 Å². The van der Waals surface area contributed by atoms with Gasteiger partial charge in [0.15, 0.2) is 0 Å². The zero-order valence-corrected chi connectivity index (χ0v) is 14.1. The Labute approximate surface area is 143 Å². The lowest BCUT2D eigenvalue weighted by Crippen LogP contribution is -2.40. The Morgan fingerprint density at radius 3 is 3.00 bits per heavy atom. The van der Waals surface area contributed by atoms with E-state index in [4.69, 9.17) is 4.74 Å². The lowest BCUT2D eigenvalue weighted by atomic mass is 9.80. The molecular weight excluding hydrogens is 302 g/mol. The standard InChI is InChI=1S/C20H25NO3/c22-9-1-2-14-3-4-16-11-17(6-5-15(16)10-14)18-7-8-20(12-18)13-24-19(23)21-20/h5-6,9,11,14,18H,1-4,7-8,10,12-13H2,(H,21,23)/t14-,18-,20-/m1/s1. The quantitative estimate of drug-likeness (QED) is 0.861. The zero-order chi connectivity index (χ0) is 16.6. The van der Waals surface area contributed by atoms with E-state index in [-0.39, 0.29) is 11.6 Å². The van der Waals surface area contributed by atoms with Crippen molar-refractivity contribution in [3.63, 3.8) is 0 Å². The molecule has 1 saturated carbocycles. The second kappa shape index (κ2) is 6.23. The molecule has 0 radical (unpaired) electrons. The van der Waals surface area contributed by atoms with E-state index in [0.29, 0.717) is 24.9 Å². The number of cyclic esters (lactones) is 1. The van der Waals surface area contributed by atoms with Crippen molar-refractivity contribution in [2.24, 2.45) is 5.92 Å². The number of alkyl carbamates (subject to hydrolysis) is 1. The number of benzene rings is 1. The highest BCUT2D eigenvalue weighted by molar-refractivity contribution is 5.70. The van der Waals surface area contributed by atoms with Gasteiger partial charge in [0.25, 0.3) is 0 Å². The molecule has 1 aliphatic heterocycles. The minimum Gasteiger partial charge on any atom is -0.447 e. The number of rotatable bonds is 4. The van der Waals surface area contributed by atoms with Crippen LogP contribution < -0.4 is 5.32 Å². The minimum absolute atomic E-state index is 0.127. The highest BCUT2D eigenvalue weighted by Gasteiger charge is 2.46. The molecule has 4 rings (SSSR count). The molecule has 0 bridgehead atoms. The first kappa shape index (κ1) is 15.7. The van der Waals surface area contributed by atoms with E-state index in [9.17, 15) is 9.59 Å². The van der Waals surface area contributed by atoms with Gasteiger partial charge in [-0.1, -0.05) is 18.2 Å². The van der Waals surface area contributed by atoms with Gasteiger partial charge in [0.05, 0.1) is 5.54 Å². The third-order valence-corrected chi connectivity index (χ3v) is 6.18. The van der Waals surface area contributed by atoms with Crippen LogP contribution in [0.25, 0.3) is 0 Å². The van der Waals surface area contributed by atoms with Crippen molar-refractivity contribution in [1.82, 2.24) is 5.32 Å². The van der Waals surface area contributed by atoms with Gasteiger partial charge < -0.3 is 14.8 Å². The van der Waals surface area contributed by atoms with Crippen LogP contribution in [0.15, 0.2) is 18.2 Å². The predicted molar refractivity (Wildman–Crippen MR) is 91.1 cm³/mol. The van der Waals surface area contributed by atoms with E-state index in [2.05, 4.69) is 23.5 Å². The fourth-order valence-corrected chi connectivity index (χ4v) is 4.80. The van der Waals surface area contributed by atoms with Gasteiger partial charge in [0.2, 0.25) is 0 Å². The number of aldehydes is 1. The van der Waals surface area contributed by atoms with Crippen molar-refractivity contribution in [1.29, 1.82) is 0 Å². The molecule has 2 fully saturated rings. The lowest BCUT2D eigenvalue weighted by Gasteiger charge is -2.26. The highest BCUT2D eigenvalue weighted by atomic mass is 16.6. The lowest BCUT2D eigenvalue weighted by molar-refractivity contribution is -0.108. The molecule has 4 heteroatoms. The van der Waals surface area contributed by atoms with E-state index >= 15 is 0 Å². The number of fused-ring (bicyclic) bond motifs is 1. The summed E-state index contributed by atoms with van der Waals surface area (Å²) >= 11 is 0. The Kier molecular flexibility index (Phi) is 4.07. The van der Waals surface area contributed by atoms with Crippen LogP contribution >= 0.6 is 0 Å². The molecule has 1 amide bonds. The topological polar surface area (TPSA) is 55.4 Å². The smallest absolute Gasteiger partial charge is 0.407 e. The Morgan fingerprint density at radius 1 is 1.29 bits per heavy atom. The summed E-state index contributed by atoms with van der Waals surface area (Å²) in [6.07, 6.45) is 9.04. The molecule has 0 aromatic heterocycles. The summed E-state index contributed by atoms with van der Waals surface area (Å²) in [5, 5.41) is 3.03. The fourth-order valence-electron chi connectivity index (χ4n) is 4.80. The summed E-state index contributed by atoms with van der Waals surface area (Å²) in [5.74, 6) is 1.18. The van der Waals surface area contributed by atoms with Crippen molar-refractivity contribution in [3.05, 3.63) is 34.9 Å². The normalized spacial score (nSPS) is 31.6. The molecule has 0 unspecified atom stereocenters. The maximum absolute atomic E-state index is 11.4. The summed E-state index contributed by atoms with van der Waals surface area (Å²) < 4.78 is 5.13. The van der Waals surface area contributed by atoms with E-state index in [1.807, 2.05) is 0 Å². The molecule has 1 saturated heterocycles. The fraction of sp³-hybridized carbons (Fsp3) is 0.600. The minimum atomic E-state index is -0.262. The van der Waals surface area contributed by atoms with Gasteiger partial charge in [-0.25, -0.2) is 4.79 Å². The third-order valence-electron chi connectivity index (χ3n) is 6.18. The number of carbonyl (C=O) groups excluding carboxylic acids is 2. The van der Waals surface area contributed by atoms with Gasteiger partial charge in [-0.15, -0.1) is 0 Å². The van der Waals surface area contributed by atoms with Gasteiger partial charge in [-0.05, 0) is 73.5 Å². The molecule has 2 aliphatic carbocycles. The van der Waals surface area contributed by atoms with Crippen molar-refractivity contribution < 1.29 is 14.3 Å². The zero-order valence-electron chi connectivity index (χ0n) is 14.1. The number of nitrogens with one attached hydrogen (secondary N) is 1. The molecule has 1 spiro atoms. The summed E-state index contributed by atoms with van der Waals surface area (Å²) in [4.78, 5) is 22.0. The summed E-state index contributed by atoms with van der Waals surface area (Å²) in [6.45, 7) is 0.520. The van der Waals surface area contributed by atoms with Crippen molar-refractivity contribution in [2.75, 3.05) is 6.61 Å². The Morgan fingerprint density at radius 2 is 2.21 bits per heavy atom. The maximum Gasteiger partial charge on any atom is 0.407 e. The molecule has 1 aromatic carbocycles. The van der Waals surface area contributed by atoms with Crippen LogP contribution in [-0.2, 0) is 22.4 Å². The van der Waals surface area contributed by atoms with E-state index < -0.39 is 0 Å². The van der Waals surface area contributed by atoms with E-state index in [1.165, 1.54) is 23.1 Å². The second-order valence-corrected chi connectivity index (χ2v) is 7.80.